The van der Waals surface area contributed by atoms with Crippen LogP contribution in [0.15, 0.2) is 18.2 Å². The van der Waals surface area contributed by atoms with E-state index >= 15 is 0 Å². The smallest absolute Gasteiger partial charge is 0.273 e. The highest BCUT2D eigenvalue weighted by Crippen LogP contribution is 2.29. The second-order valence-electron chi connectivity index (χ2n) is 5.60. The summed E-state index contributed by atoms with van der Waals surface area (Å²) in [4.78, 5) is 24.9. The van der Waals surface area contributed by atoms with Gasteiger partial charge in [-0.1, -0.05) is 6.07 Å². The van der Waals surface area contributed by atoms with Crippen molar-refractivity contribution in [1.29, 1.82) is 0 Å². The number of nitrogens with one attached hydrogen (secondary N) is 1. The summed E-state index contributed by atoms with van der Waals surface area (Å²) in [6.45, 7) is 5.06. The molecule has 6 nitrogen and oxygen atoms in total. The van der Waals surface area contributed by atoms with Crippen molar-refractivity contribution >= 4 is 24.0 Å². The highest BCUT2D eigenvalue weighted by molar-refractivity contribution is 5.96. The minimum absolute atomic E-state index is 0. The molecule has 1 aromatic carbocycles. The molecule has 0 spiro atoms. The van der Waals surface area contributed by atoms with Gasteiger partial charge in [-0.3, -0.25) is 14.9 Å². The molecule has 2 heterocycles. The number of halogens is 1. The van der Waals surface area contributed by atoms with E-state index in [1.165, 1.54) is 6.07 Å². The number of rotatable bonds is 2. The molecule has 0 aliphatic carbocycles. The van der Waals surface area contributed by atoms with Gasteiger partial charge in [0.15, 0.2) is 0 Å². The predicted molar refractivity (Wildman–Crippen MR) is 80.8 cm³/mol. The fourth-order valence-corrected chi connectivity index (χ4v) is 3.24. The van der Waals surface area contributed by atoms with Gasteiger partial charge in [-0.25, -0.2) is 0 Å². The highest BCUT2D eigenvalue weighted by Gasteiger charge is 2.38. The molecule has 2 aliphatic rings. The largest absolute Gasteiger partial charge is 0.338 e. The molecule has 21 heavy (non-hydrogen) atoms. The maximum atomic E-state index is 12.6. The van der Waals surface area contributed by atoms with E-state index in [1.54, 1.807) is 19.1 Å². The first-order valence-corrected chi connectivity index (χ1v) is 6.82. The van der Waals surface area contributed by atoms with Gasteiger partial charge < -0.3 is 10.2 Å². The van der Waals surface area contributed by atoms with Crippen molar-refractivity contribution < 1.29 is 9.72 Å². The van der Waals surface area contributed by atoms with Gasteiger partial charge in [0.25, 0.3) is 11.6 Å². The van der Waals surface area contributed by atoms with E-state index in [2.05, 4.69) is 5.32 Å². The van der Waals surface area contributed by atoms with Crippen molar-refractivity contribution in [3.63, 3.8) is 0 Å². The minimum Gasteiger partial charge on any atom is -0.338 e. The van der Waals surface area contributed by atoms with E-state index in [-0.39, 0.29) is 24.0 Å². The maximum absolute atomic E-state index is 12.6. The third-order valence-corrected chi connectivity index (χ3v) is 4.41. The molecular formula is C14H18ClN3O3. The third-order valence-electron chi connectivity index (χ3n) is 4.41. The zero-order valence-corrected chi connectivity index (χ0v) is 12.6. The number of likely N-dealkylation sites (tertiary alicyclic amines) is 1. The van der Waals surface area contributed by atoms with Crippen LogP contribution in [0.2, 0.25) is 0 Å². The molecule has 0 radical (unpaired) electrons. The number of nitro groups is 1. The van der Waals surface area contributed by atoms with Crippen molar-refractivity contribution in [2.75, 3.05) is 26.2 Å². The number of hydrogen-bond donors (Lipinski definition) is 1. The average molecular weight is 312 g/mol. The number of carbonyl (C=O) groups is 1. The molecule has 0 bridgehead atoms. The van der Waals surface area contributed by atoms with Crippen molar-refractivity contribution in [2.45, 2.75) is 6.92 Å². The van der Waals surface area contributed by atoms with Gasteiger partial charge in [0, 0.05) is 43.4 Å². The molecule has 1 N–H and O–H groups in total. The van der Waals surface area contributed by atoms with Crippen LogP contribution in [0.3, 0.4) is 0 Å². The minimum atomic E-state index is -0.436. The normalized spacial score (nSPS) is 23.6. The van der Waals surface area contributed by atoms with Gasteiger partial charge in [-0.15, -0.1) is 12.4 Å². The molecule has 1 aromatic rings. The number of hydrogen-bond acceptors (Lipinski definition) is 4. The number of carbonyl (C=O) groups excluding carboxylic acids is 1. The molecule has 0 aromatic heterocycles. The van der Waals surface area contributed by atoms with Crippen LogP contribution in [-0.4, -0.2) is 41.9 Å². The van der Waals surface area contributed by atoms with E-state index in [9.17, 15) is 14.9 Å². The Bertz CT molecular complexity index is 567. The Morgan fingerprint density at radius 3 is 2.52 bits per heavy atom. The lowest BCUT2D eigenvalue weighted by molar-refractivity contribution is -0.385. The molecule has 114 valence electrons. The fourth-order valence-electron chi connectivity index (χ4n) is 3.24. The number of nitrogens with zero attached hydrogens (tertiary/aromatic N) is 2. The van der Waals surface area contributed by atoms with E-state index in [4.69, 9.17) is 0 Å². The summed E-state index contributed by atoms with van der Waals surface area (Å²) in [6.07, 6.45) is 0. The lowest BCUT2D eigenvalue weighted by Gasteiger charge is -2.18. The van der Waals surface area contributed by atoms with Gasteiger partial charge in [-0.2, -0.15) is 0 Å². The Labute approximate surface area is 129 Å². The Morgan fingerprint density at radius 2 is 1.95 bits per heavy atom. The Balaban J connectivity index is 0.00000161. The lowest BCUT2D eigenvalue weighted by Crippen LogP contribution is -2.32. The second kappa shape index (κ2) is 5.99. The molecule has 1 amide bonds. The first kappa shape index (κ1) is 15.7. The monoisotopic (exact) mass is 311 g/mol. The summed E-state index contributed by atoms with van der Waals surface area (Å²) < 4.78 is 0. The zero-order chi connectivity index (χ0) is 14.3. The number of fused-ring (bicyclic) bond motifs is 1. The fraction of sp³-hybridized carbons (Fsp3) is 0.500. The van der Waals surface area contributed by atoms with Crippen LogP contribution in [0.4, 0.5) is 5.69 Å². The summed E-state index contributed by atoms with van der Waals surface area (Å²) in [5.74, 6) is 0.969. The Morgan fingerprint density at radius 1 is 1.33 bits per heavy atom. The van der Waals surface area contributed by atoms with Crippen LogP contribution in [0, 0.1) is 28.9 Å². The quantitative estimate of drug-likeness (QED) is 0.665. The molecular weight excluding hydrogens is 294 g/mol. The average Bonchev–Trinajstić information content (AvgIpc) is 2.98. The van der Waals surface area contributed by atoms with Crippen LogP contribution in [0.25, 0.3) is 0 Å². The van der Waals surface area contributed by atoms with E-state index in [0.717, 1.165) is 26.2 Å². The summed E-state index contributed by atoms with van der Waals surface area (Å²) in [7, 11) is 0. The number of benzene rings is 1. The molecule has 3 rings (SSSR count). The van der Waals surface area contributed by atoms with Gasteiger partial charge in [0.2, 0.25) is 0 Å². The van der Waals surface area contributed by atoms with E-state index in [1.807, 2.05) is 4.90 Å². The van der Waals surface area contributed by atoms with E-state index in [0.29, 0.717) is 23.0 Å². The topological polar surface area (TPSA) is 75.5 Å². The molecule has 0 saturated carbocycles. The van der Waals surface area contributed by atoms with Gasteiger partial charge in [0.1, 0.15) is 0 Å². The third kappa shape index (κ3) is 2.73. The SMILES string of the molecule is Cc1c(C(=O)N2C[C@H]3CNC[C@H]3C2)cccc1[N+](=O)[O-].Cl. The van der Waals surface area contributed by atoms with Crippen LogP contribution in [0.1, 0.15) is 15.9 Å². The first-order chi connectivity index (χ1) is 9.58. The predicted octanol–water partition coefficient (Wildman–Crippen LogP) is 1.62. The Kier molecular flexibility index (Phi) is 4.49. The highest BCUT2D eigenvalue weighted by atomic mass is 35.5. The van der Waals surface area contributed by atoms with Crippen LogP contribution in [-0.2, 0) is 0 Å². The van der Waals surface area contributed by atoms with Crippen LogP contribution in [0.5, 0.6) is 0 Å². The molecule has 2 aliphatic heterocycles. The lowest BCUT2D eigenvalue weighted by atomic mass is 10.0. The van der Waals surface area contributed by atoms with Gasteiger partial charge in [-0.05, 0) is 24.8 Å². The molecule has 2 fully saturated rings. The van der Waals surface area contributed by atoms with Crippen molar-refractivity contribution in [2.24, 2.45) is 11.8 Å². The summed E-state index contributed by atoms with van der Waals surface area (Å²) >= 11 is 0. The summed E-state index contributed by atoms with van der Waals surface area (Å²) in [5, 5.41) is 14.3. The van der Waals surface area contributed by atoms with Crippen LogP contribution < -0.4 is 5.32 Å². The molecule has 7 heteroatoms. The second-order valence-corrected chi connectivity index (χ2v) is 5.60. The summed E-state index contributed by atoms with van der Waals surface area (Å²) in [5.41, 5.74) is 0.918. The molecule has 0 unspecified atom stereocenters. The van der Waals surface area contributed by atoms with Crippen molar-refractivity contribution in [3.8, 4) is 0 Å². The van der Waals surface area contributed by atoms with Crippen molar-refractivity contribution in [1.82, 2.24) is 10.2 Å². The summed E-state index contributed by atoms with van der Waals surface area (Å²) in [6, 6.07) is 4.70. The first-order valence-electron chi connectivity index (χ1n) is 6.82. The number of nitro benzene ring substituents is 1. The van der Waals surface area contributed by atoms with Gasteiger partial charge >= 0.3 is 0 Å². The molecule has 2 saturated heterocycles. The maximum Gasteiger partial charge on any atom is 0.273 e. The van der Waals surface area contributed by atoms with Crippen molar-refractivity contribution in [3.05, 3.63) is 39.4 Å². The van der Waals surface area contributed by atoms with Crippen LogP contribution >= 0.6 is 12.4 Å². The standard InChI is InChI=1S/C14H17N3O3.ClH/c1-9-12(3-2-4-13(9)17(19)20)14(18)16-7-10-5-15-6-11(10)8-16;/h2-4,10-11,15H,5-8H2,1H3;1H/t10-,11+;. The Hall–Kier alpha value is -1.66. The molecule has 2 atom stereocenters. The zero-order valence-electron chi connectivity index (χ0n) is 11.7. The van der Waals surface area contributed by atoms with Gasteiger partial charge in [0.05, 0.1) is 4.92 Å². The number of amides is 1. The van der Waals surface area contributed by atoms with E-state index < -0.39 is 4.92 Å².